The van der Waals surface area contributed by atoms with Gasteiger partial charge < -0.3 is 44.1 Å². The number of ether oxygens (including phenoxy) is 4. The Morgan fingerprint density at radius 3 is 2.44 bits per heavy atom. The highest BCUT2D eigenvalue weighted by molar-refractivity contribution is 7.13. The number of nitrogens with one attached hydrogen (secondary N) is 1. The average Bonchev–Trinajstić information content (AvgIpc) is 4.14. The molecule has 4 heterocycles. The molecule has 71 heavy (non-hydrogen) atoms. The number of nitrogens with zero attached hydrogens (tertiary/aromatic N) is 4. The van der Waals surface area contributed by atoms with Gasteiger partial charge in [-0.25, -0.2) is 14.2 Å². The molecule has 1 fully saturated rings. The van der Waals surface area contributed by atoms with E-state index in [1.165, 1.54) is 40.4 Å². The highest BCUT2D eigenvalue weighted by atomic mass is 32.1. The van der Waals surface area contributed by atoms with Gasteiger partial charge in [0.05, 0.1) is 54.7 Å². The van der Waals surface area contributed by atoms with E-state index >= 15 is 0 Å². The minimum atomic E-state index is -1.14. The number of hydrogen-bond donors (Lipinski definition) is 2. The molecule has 0 aliphatic carbocycles. The number of carbonyl (C=O) groups excluding carboxylic acids is 5. The summed E-state index contributed by atoms with van der Waals surface area (Å²) < 4.78 is 37.1. The molecule has 1 aromatic heterocycles. The minimum absolute atomic E-state index is 0.0242. The number of aromatic nitrogens is 1. The van der Waals surface area contributed by atoms with Crippen molar-refractivity contribution in [2.75, 3.05) is 46.7 Å². The highest BCUT2D eigenvalue weighted by Gasteiger charge is 2.46. The van der Waals surface area contributed by atoms with E-state index in [4.69, 9.17) is 18.9 Å². The zero-order chi connectivity index (χ0) is 50.3. The molecule has 3 aliphatic rings. The maximum absolute atomic E-state index is 14.3. The summed E-state index contributed by atoms with van der Waals surface area (Å²) in [6.45, 7) is 8.83. The van der Waals surface area contributed by atoms with Gasteiger partial charge in [-0.15, -0.1) is 11.3 Å². The van der Waals surface area contributed by atoms with Crippen LogP contribution in [0.4, 0.5) is 4.39 Å². The summed E-state index contributed by atoms with van der Waals surface area (Å²) in [5.74, 6) is 3.61. The van der Waals surface area contributed by atoms with Gasteiger partial charge in [0.1, 0.15) is 36.9 Å². The van der Waals surface area contributed by atoms with Crippen LogP contribution in [0.25, 0.3) is 10.4 Å². The van der Waals surface area contributed by atoms with Gasteiger partial charge in [-0.2, -0.15) is 0 Å². The lowest BCUT2D eigenvalue weighted by atomic mass is 9.99. The molecule has 1 unspecified atom stereocenters. The number of benzene rings is 4. The molecule has 17 heteroatoms. The Morgan fingerprint density at radius 1 is 0.915 bits per heavy atom. The molecule has 0 saturated carbocycles. The van der Waals surface area contributed by atoms with Crippen LogP contribution in [0, 0.1) is 37.4 Å². The predicted molar refractivity (Wildman–Crippen MR) is 261 cm³/mol. The quantitative estimate of drug-likeness (QED) is 0.0585. The number of rotatable bonds is 18. The van der Waals surface area contributed by atoms with Gasteiger partial charge in [0.15, 0.2) is 6.04 Å². The van der Waals surface area contributed by atoms with E-state index < -0.39 is 47.8 Å². The lowest BCUT2D eigenvalue weighted by Crippen LogP contribution is -2.55. The zero-order valence-electron chi connectivity index (χ0n) is 40.2. The van der Waals surface area contributed by atoms with E-state index in [1.807, 2.05) is 51.1 Å². The normalized spacial score (nSPS) is 16.9. The van der Waals surface area contributed by atoms with Gasteiger partial charge in [-0.3, -0.25) is 19.2 Å². The fraction of sp³-hybridized carbons (Fsp3) is 0.370. The first-order valence-electron chi connectivity index (χ1n) is 23.5. The summed E-state index contributed by atoms with van der Waals surface area (Å²) in [7, 11) is 1.23. The van der Waals surface area contributed by atoms with Crippen molar-refractivity contribution in [1.29, 1.82) is 0 Å². The van der Waals surface area contributed by atoms with Crippen molar-refractivity contribution in [1.82, 2.24) is 25.0 Å². The van der Waals surface area contributed by atoms with Crippen molar-refractivity contribution in [2.45, 2.75) is 78.0 Å². The van der Waals surface area contributed by atoms with Crippen LogP contribution in [-0.2, 0) is 48.2 Å². The molecule has 4 atom stereocenters. The fourth-order valence-electron chi connectivity index (χ4n) is 9.43. The molecule has 3 aliphatic heterocycles. The SMILES string of the molecule is COC(=O)C(c1cc(F)ccc1C)N1Cc2cccc(C#CCOCCOCCOc3cc(-c4scnc4C)ccc3CNC(=O)[C@@H]3C[C@@H](O)CN3C(=O)[C@H](C(C)C)N3Cc4ccccc4C3=O)c2C1=O. The Kier molecular flexibility index (Phi) is 15.9. The molecular weight excluding hydrogens is 930 g/mol. The first-order chi connectivity index (χ1) is 34.2. The van der Waals surface area contributed by atoms with Crippen LogP contribution < -0.4 is 10.1 Å². The number of halogens is 1. The lowest BCUT2D eigenvalue weighted by Gasteiger charge is -2.35. The van der Waals surface area contributed by atoms with E-state index in [2.05, 4.69) is 22.1 Å². The van der Waals surface area contributed by atoms with Crippen molar-refractivity contribution in [3.8, 4) is 28.0 Å². The first-order valence-corrected chi connectivity index (χ1v) is 24.4. The van der Waals surface area contributed by atoms with Crippen molar-refractivity contribution >= 4 is 40.9 Å². The van der Waals surface area contributed by atoms with Crippen molar-refractivity contribution in [3.63, 3.8) is 0 Å². The molecular formula is C54H56FN5O10S. The molecule has 1 saturated heterocycles. The van der Waals surface area contributed by atoms with Gasteiger partial charge >= 0.3 is 5.97 Å². The Balaban J connectivity index is 0.839. The molecule has 15 nitrogen and oxygen atoms in total. The van der Waals surface area contributed by atoms with Crippen LogP contribution in [-0.4, -0.2) is 119 Å². The van der Waals surface area contributed by atoms with Crippen molar-refractivity contribution in [2.24, 2.45) is 5.92 Å². The van der Waals surface area contributed by atoms with E-state index in [1.54, 1.807) is 53.7 Å². The molecule has 4 aromatic carbocycles. The summed E-state index contributed by atoms with van der Waals surface area (Å²) in [5, 5.41) is 13.7. The molecule has 0 bridgehead atoms. The third-order valence-corrected chi connectivity index (χ3v) is 13.9. The van der Waals surface area contributed by atoms with Crippen molar-refractivity contribution < 1.29 is 52.4 Å². The van der Waals surface area contributed by atoms with Gasteiger partial charge in [-0.1, -0.05) is 74.2 Å². The number of methoxy groups -OCH3 is 1. The second-order valence-electron chi connectivity index (χ2n) is 18.0. The Hall–Kier alpha value is -6.97. The number of hydrogen-bond acceptors (Lipinski definition) is 12. The maximum atomic E-state index is 14.3. The first kappa shape index (κ1) is 50.4. The molecule has 5 aromatic rings. The second kappa shape index (κ2) is 22.4. The zero-order valence-corrected chi connectivity index (χ0v) is 41.1. The van der Waals surface area contributed by atoms with E-state index in [9.17, 15) is 33.5 Å². The minimum Gasteiger partial charge on any atom is -0.491 e. The molecule has 370 valence electrons. The number of thiazole rings is 1. The monoisotopic (exact) mass is 985 g/mol. The Labute approximate surface area is 415 Å². The number of aliphatic hydroxyl groups is 1. The summed E-state index contributed by atoms with van der Waals surface area (Å²) >= 11 is 1.50. The van der Waals surface area contributed by atoms with Crippen LogP contribution in [0.2, 0.25) is 0 Å². The van der Waals surface area contributed by atoms with E-state index in [0.29, 0.717) is 51.2 Å². The summed E-state index contributed by atoms with van der Waals surface area (Å²) in [6, 6.07) is 19.5. The topological polar surface area (TPSA) is 177 Å². The van der Waals surface area contributed by atoms with Crippen LogP contribution in [0.1, 0.15) is 86.1 Å². The van der Waals surface area contributed by atoms with Crippen LogP contribution in [0.3, 0.4) is 0 Å². The van der Waals surface area contributed by atoms with Gasteiger partial charge in [-0.05, 0) is 77.9 Å². The number of amides is 4. The average molecular weight is 986 g/mol. The Morgan fingerprint density at radius 2 is 1.68 bits per heavy atom. The highest BCUT2D eigenvalue weighted by Crippen LogP contribution is 2.36. The third-order valence-electron chi connectivity index (χ3n) is 13.0. The predicted octanol–water partition coefficient (Wildman–Crippen LogP) is 6.16. The van der Waals surface area contributed by atoms with Gasteiger partial charge in [0, 0.05) is 49.3 Å². The summed E-state index contributed by atoms with van der Waals surface area (Å²) in [5.41, 5.74) is 8.16. The number of β-amino-alcohol motifs (C(OH)–C–C–N with tert-alkyl or cyclic N) is 1. The number of aryl methyl sites for hydroxylation is 2. The standard InChI is InChI=1S/C54H56FN5O10S/c1-32(2)47(59-28-38-10-6-7-14-42(38)51(59)63)53(65)58-30-41(61)26-44(58)50(62)56-27-37-17-16-36(49-34(4)57-31-71-49)24-45(37)70-23-22-69-21-20-68-19-9-13-35-11-8-12-39-29-60(52(64)46(35)39)48(54(66)67-5)43-25-40(55)18-15-33(43)3/h6-8,10-12,14-18,24-25,31-32,41,44,47-48,61H,19-23,26-30H2,1-5H3,(H,56,62)/t41-,44+,47+,48?/m1/s1. The summed E-state index contributed by atoms with van der Waals surface area (Å²) in [6.07, 6.45) is -0.843. The number of carbonyl (C=O) groups is 5. The number of aliphatic hydroxyl groups excluding tert-OH is 1. The maximum Gasteiger partial charge on any atom is 0.333 e. The second-order valence-corrected chi connectivity index (χ2v) is 18.9. The third kappa shape index (κ3) is 11.0. The van der Waals surface area contributed by atoms with Gasteiger partial charge in [0.25, 0.3) is 11.8 Å². The lowest BCUT2D eigenvalue weighted by molar-refractivity contribution is -0.146. The molecule has 0 radical (unpaired) electrons. The molecule has 4 amide bonds. The largest absolute Gasteiger partial charge is 0.491 e. The smallest absolute Gasteiger partial charge is 0.333 e. The van der Waals surface area contributed by atoms with E-state index in [-0.39, 0.29) is 76.8 Å². The number of likely N-dealkylation sites (tertiary alicyclic amines) is 1. The molecule has 8 rings (SSSR count). The van der Waals surface area contributed by atoms with Crippen LogP contribution in [0.5, 0.6) is 5.75 Å². The van der Waals surface area contributed by atoms with E-state index in [0.717, 1.165) is 21.7 Å². The fourth-order valence-corrected chi connectivity index (χ4v) is 10.2. The number of fused-ring (bicyclic) bond motifs is 2. The number of esters is 1. The van der Waals surface area contributed by atoms with Crippen LogP contribution >= 0.6 is 11.3 Å². The van der Waals surface area contributed by atoms with Gasteiger partial charge in [0.2, 0.25) is 11.8 Å². The summed E-state index contributed by atoms with van der Waals surface area (Å²) in [4.78, 5) is 78.1. The Bertz CT molecular complexity index is 2890. The molecule has 2 N–H and O–H groups in total. The van der Waals surface area contributed by atoms with Crippen molar-refractivity contribution in [3.05, 3.63) is 140 Å². The molecule has 0 spiro atoms. The van der Waals surface area contributed by atoms with Crippen LogP contribution in [0.15, 0.2) is 84.4 Å².